The summed E-state index contributed by atoms with van der Waals surface area (Å²) >= 11 is 0. The number of aryl methyl sites for hydroxylation is 1. The van der Waals surface area contributed by atoms with Crippen LogP contribution in [0.15, 0.2) is 47.3 Å². The number of rotatable bonds is 6. The molecule has 0 saturated carbocycles. The van der Waals surface area contributed by atoms with Crippen molar-refractivity contribution in [1.29, 1.82) is 0 Å². The van der Waals surface area contributed by atoms with Crippen LogP contribution in [0.5, 0.6) is 11.5 Å². The van der Waals surface area contributed by atoms with Crippen molar-refractivity contribution in [1.82, 2.24) is 14.5 Å². The molecule has 1 aromatic heterocycles. The Bertz CT molecular complexity index is 1000. The zero-order chi connectivity index (χ0) is 18.7. The molecule has 7 nitrogen and oxygen atoms in total. The fraction of sp³-hybridized carbons (Fsp3) is 0.263. The van der Waals surface area contributed by atoms with E-state index in [0.29, 0.717) is 30.2 Å². The van der Waals surface area contributed by atoms with E-state index < -0.39 is 0 Å². The van der Waals surface area contributed by atoms with Crippen molar-refractivity contribution in [3.8, 4) is 11.5 Å². The Labute approximate surface area is 150 Å². The first-order valence-electron chi connectivity index (χ1n) is 8.21. The number of amides is 1. The summed E-state index contributed by atoms with van der Waals surface area (Å²) in [6.45, 7) is 0.723. The van der Waals surface area contributed by atoms with Crippen molar-refractivity contribution < 1.29 is 14.3 Å². The van der Waals surface area contributed by atoms with E-state index in [4.69, 9.17) is 9.47 Å². The Morgan fingerprint density at radius 1 is 1.04 bits per heavy atom. The number of nitrogens with one attached hydrogen (secondary N) is 1. The number of fused-ring (bicyclic) bond motifs is 1. The lowest BCUT2D eigenvalue weighted by Crippen LogP contribution is -2.31. The topological polar surface area (TPSA) is 74.5 Å². The summed E-state index contributed by atoms with van der Waals surface area (Å²) in [7, 11) is 4.80. The molecule has 1 N–H and O–H groups in total. The molecular weight excluding hydrogens is 334 g/mol. The molecule has 26 heavy (non-hydrogen) atoms. The lowest BCUT2D eigenvalue weighted by atomic mass is 10.2. The van der Waals surface area contributed by atoms with E-state index in [9.17, 15) is 9.59 Å². The molecule has 7 heteroatoms. The van der Waals surface area contributed by atoms with E-state index in [-0.39, 0.29) is 11.6 Å². The molecule has 1 heterocycles. The number of carbonyl (C=O) groups excluding carboxylic acids is 1. The molecule has 136 valence electrons. The van der Waals surface area contributed by atoms with Gasteiger partial charge in [0, 0.05) is 25.7 Å². The molecule has 0 atom stereocenters. The van der Waals surface area contributed by atoms with Gasteiger partial charge in [-0.05, 0) is 30.3 Å². The molecule has 0 fully saturated rings. The minimum atomic E-state index is -0.237. The predicted octanol–water partition coefficient (Wildman–Crippen LogP) is 1.79. The van der Waals surface area contributed by atoms with Gasteiger partial charge in [-0.2, -0.15) is 0 Å². The molecule has 0 spiro atoms. The predicted molar refractivity (Wildman–Crippen MR) is 99.1 cm³/mol. The van der Waals surface area contributed by atoms with Crippen molar-refractivity contribution in [3.63, 3.8) is 0 Å². The summed E-state index contributed by atoms with van der Waals surface area (Å²) in [5, 5.41) is 2.83. The summed E-state index contributed by atoms with van der Waals surface area (Å²) in [4.78, 5) is 24.7. The monoisotopic (exact) mass is 355 g/mol. The highest BCUT2D eigenvalue weighted by atomic mass is 16.5. The molecule has 0 aliphatic carbocycles. The van der Waals surface area contributed by atoms with Gasteiger partial charge >= 0.3 is 5.69 Å². The number of imidazole rings is 1. The lowest BCUT2D eigenvalue weighted by molar-refractivity contribution is 0.0952. The maximum Gasteiger partial charge on any atom is 0.328 e. The second kappa shape index (κ2) is 7.35. The molecular formula is C19H21N3O4. The minimum Gasteiger partial charge on any atom is -0.493 e. The van der Waals surface area contributed by atoms with Crippen LogP contribution in [0, 0.1) is 0 Å². The number of carbonyl (C=O) groups is 1. The summed E-state index contributed by atoms with van der Waals surface area (Å²) in [6, 6.07) is 12.6. The van der Waals surface area contributed by atoms with Crippen LogP contribution in [0.25, 0.3) is 11.0 Å². The van der Waals surface area contributed by atoms with Crippen LogP contribution in [0.2, 0.25) is 0 Å². The van der Waals surface area contributed by atoms with Gasteiger partial charge in [0.2, 0.25) is 0 Å². The normalized spacial score (nSPS) is 10.7. The third-order valence-electron chi connectivity index (χ3n) is 4.32. The minimum absolute atomic E-state index is 0.105. The number of aromatic nitrogens is 2. The van der Waals surface area contributed by atoms with Crippen molar-refractivity contribution in [2.24, 2.45) is 7.05 Å². The molecule has 3 aromatic rings. The molecule has 1 amide bonds. The van der Waals surface area contributed by atoms with Crippen molar-refractivity contribution in [2.45, 2.75) is 6.54 Å². The second-order valence-electron chi connectivity index (χ2n) is 5.81. The van der Waals surface area contributed by atoms with E-state index in [1.54, 1.807) is 41.5 Å². The summed E-state index contributed by atoms with van der Waals surface area (Å²) in [5.41, 5.74) is 2.07. The summed E-state index contributed by atoms with van der Waals surface area (Å²) < 4.78 is 13.6. The number of benzene rings is 2. The Morgan fingerprint density at radius 2 is 1.73 bits per heavy atom. The molecule has 2 aromatic carbocycles. The highest BCUT2D eigenvalue weighted by molar-refractivity contribution is 5.94. The molecule has 0 unspecified atom stereocenters. The average Bonchev–Trinajstić information content (AvgIpc) is 2.92. The van der Waals surface area contributed by atoms with Crippen LogP contribution < -0.4 is 20.5 Å². The van der Waals surface area contributed by atoms with Crippen LogP contribution in [-0.4, -0.2) is 35.8 Å². The van der Waals surface area contributed by atoms with Gasteiger partial charge in [-0.1, -0.05) is 12.1 Å². The van der Waals surface area contributed by atoms with E-state index >= 15 is 0 Å². The molecule has 0 saturated heterocycles. The van der Waals surface area contributed by atoms with Crippen molar-refractivity contribution >= 4 is 16.9 Å². The van der Waals surface area contributed by atoms with Gasteiger partial charge in [0.1, 0.15) is 0 Å². The molecule has 3 rings (SSSR count). The standard InChI is InChI=1S/C19H21N3O4/c1-21-14-6-4-5-7-15(14)22(19(21)24)11-10-20-18(23)13-8-9-16(25-2)17(12-13)26-3/h4-9,12H,10-11H2,1-3H3,(H,20,23). The van der Waals surface area contributed by atoms with Crippen LogP contribution >= 0.6 is 0 Å². The van der Waals surface area contributed by atoms with Gasteiger partial charge in [0.15, 0.2) is 11.5 Å². The first kappa shape index (κ1) is 17.6. The van der Waals surface area contributed by atoms with E-state index in [0.717, 1.165) is 11.0 Å². The Morgan fingerprint density at radius 3 is 2.42 bits per heavy atom. The summed E-state index contributed by atoms with van der Waals surface area (Å²) in [5.74, 6) is 0.816. The Kier molecular flexibility index (Phi) is 4.97. The van der Waals surface area contributed by atoms with E-state index in [1.807, 2.05) is 24.3 Å². The van der Waals surface area contributed by atoms with Gasteiger partial charge in [0.05, 0.1) is 25.3 Å². The van der Waals surface area contributed by atoms with Crippen LogP contribution in [-0.2, 0) is 13.6 Å². The van der Waals surface area contributed by atoms with Gasteiger partial charge in [-0.15, -0.1) is 0 Å². The smallest absolute Gasteiger partial charge is 0.328 e. The van der Waals surface area contributed by atoms with Gasteiger partial charge in [0.25, 0.3) is 5.91 Å². The molecule has 0 aliphatic rings. The second-order valence-corrected chi connectivity index (χ2v) is 5.81. The van der Waals surface area contributed by atoms with Crippen molar-refractivity contribution in [2.75, 3.05) is 20.8 Å². The zero-order valence-electron chi connectivity index (χ0n) is 15.0. The first-order chi connectivity index (χ1) is 12.6. The Hall–Kier alpha value is -3.22. The maximum atomic E-state index is 12.4. The third-order valence-corrected chi connectivity index (χ3v) is 4.32. The number of hydrogen-bond acceptors (Lipinski definition) is 4. The zero-order valence-corrected chi connectivity index (χ0v) is 15.0. The number of methoxy groups -OCH3 is 2. The quantitative estimate of drug-likeness (QED) is 0.732. The largest absolute Gasteiger partial charge is 0.493 e. The summed E-state index contributed by atoms with van der Waals surface area (Å²) in [6.07, 6.45) is 0. The fourth-order valence-electron chi connectivity index (χ4n) is 2.94. The number of ether oxygens (including phenoxy) is 2. The number of para-hydroxylation sites is 2. The van der Waals surface area contributed by atoms with E-state index in [1.165, 1.54) is 7.11 Å². The van der Waals surface area contributed by atoms with Gasteiger partial charge in [-0.3, -0.25) is 13.9 Å². The average molecular weight is 355 g/mol. The SMILES string of the molecule is COc1ccc(C(=O)NCCn2c(=O)n(C)c3ccccc32)cc1OC. The highest BCUT2D eigenvalue weighted by Gasteiger charge is 2.12. The molecule has 0 aliphatic heterocycles. The van der Waals surface area contributed by atoms with Crippen LogP contribution in [0.1, 0.15) is 10.4 Å². The number of nitrogens with zero attached hydrogens (tertiary/aromatic N) is 2. The fourth-order valence-corrected chi connectivity index (χ4v) is 2.94. The lowest BCUT2D eigenvalue weighted by Gasteiger charge is -2.10. The van der Waals surface area contributed by atoms with E-state index in [2.05, 4.69) is 5.32 Å². The van der Waals surface area contributed by atoms with Crippen LogP contribution in [0.4, 0.5) is 0 Å². The first-order valence-corrected chi connectivity index (χ1v) is 8.21. The van der Waals surface area contributed by atoms with Gasteiger partial charge < -0.3 is 14.8 Å². The number of hydrogen-bond donors (Lipinski definition) is 1. The Balaban J connectivity index is 1.72. The highest BCUT2D eigenvalue weighted by Crippen LogP contribution is 2.27. The maximum absolute atomic E-state index is 12.4. The molecule has 0 bridgehead atoms. The van der Waals surface area contributed by atoms with Crippen LogP contribution in [0.3, 0.4) is 0 Å². The molecule has 0 radical (unpaired) electrons. The van der Waals surface area contributed by atoms with Gasteiger partial charge in [-0.25, -0.2) is 4.79 Å². The van der Waals surface area contributed by atoms with Crippen molar-refractivity contribution in [3.05, 3.63) is 58.5 Å². The third kappa shape index (κ3) is 3.15.